The van der Waals surface area contributed by atoms with Gasteiger partial charge in [0.1, 0.15) is 11.5 Å². The predicted octanol–water partition coefficient (Wildman–Crippen LogP) is 4.04. The Morgan fingerprint density at radius 2 is 1.80 bits per heavy atom. The van der Waals surface area contributed by atoms with Crippen LogP contribution in [-0.4, -0.2) is 50.1 Å². The van der Waals surface area contributed by atoms with Gasteiger partial charge in [0.2, 0.25) is 0 Å². The van der Waals surface area contributed by atoms with E-state index in [0.717, 1.165) is 62.1 Å². The van der Waals surface area contributed by atoms with E-state index in [0.29, 0.717) is 23.7 Å². The number of benzene rings is 2. The fourth-order valence-corrected chi connectivity index (χ4v) is 4.24. The van der Waals surface area contributed by atoms with E-state index in [4.69, 9.17) is 9.47 Å². The van der Waals surface area contributed by atoms with Crippen molar-refractivity contribution < 1.29 is 19.4 Å². The van der Waals surface area contributed by atoms with E-state index in [9.17, 15) is 9.90 Å². The molecule has 0 aliphatic heterocycles. The van der Waals surface area contributed by atoms with Crippen LogP contribution >= 0.6 is 0 Å². The summed E-state index contributed by atoms with van der Waals surface area (Å²) in [6, 6.07) is 11.4. The molecule has 0 bridgehead atoms. The van der Waals surface area contributed by atoms with E-state index in [2.05, 4.69) is 11.9 Å². The number of rotatable bonds is 9. The number of methoxy groups -OCH3 is 2. The van der Waals surface area contributed by atoms with E-state index >= 15 is 0 Å². The average molecular weight is 412 g/mol. The Bertz CT molecular complexity index is 864. The number of nitrogens with zero attached hydrogens (tertiary/aromatic N) is 1. The van der Waals surface area contributed by atoms with Gasteiger partial charge in [0.25, 0.3) is 0 Å². The van der Waals surface area contributed by atoms with Crippen molar-refractivity contribution in [2.75, 3.05) is 34.4 Å². The number of phenolic OH excluding ortho intramolecular Hbond substituents is 1. The minimum atomic E-state index is 0.119. The van der Waals surface area contributed by atoms with Gasteiger partial charge in [0, 0.05) is 18.9 Å². The Morgan fingerprint density at radius 3 is 2.50 bits per heavy atom. The SMILES string of the molecule is COc1cc2c(cc1OC)CC(=O)C(CCCN(C)CCc1cccc(O)c1)CC2. The zero-order valence-corrected chi connectivity index (χ0v) is 18.3. The summed E-state index contributed by atoms with van der Waals surface area (Å²) < 4.78 is 10.8. The van der Waals surface area contributed by atoms with Gasteiger partial charge in [-0.05, 0) is 86.7 Å². The molecule has 5 heteroatoms. The molecule has 0 saturated heterocycles. The molecule has 1 N–H and O–H groups in total. The van der Waals surface area contributed by atoms with Gasteiger partial charge in [-0.3, -0.25) is 4.79 Å². The summed E-state index contributed by atoms with van der Waals surface area (Å²) >= 11 is 0. The number of aromatic hydroxyl groups is 1. The monoisotopic (exact) mass is 411 g/mol. The van der Waals surface area contributed by atoms with Crippen molar-refractivity contribution >= 4 is 5.78 Å². The number of likely N-dealkylation sites (N-methyl/N-ethyl adjacent to an activating group) is 1. The molecular formula is C25H33NO4. The predicted molar refractivity (Wildman–Crippen MR) is 119 cm³/mol. The number of ketones is 1. The lowest BCUT2D eigenvalue weighted by Crippen LogP contribution is -2.24. The first-order valence-corrected chi connectivity index (χ1v) is 10.7. The number of aryl methyl sites for hydroxylation is 1. The normalized spacial score (nSPS) is 16.3. The standard InChI is InChI=1S/C25H33NO4/c1-26(13-11-18-6-4-8-22(27)14-18)12-5-7-19-9-10-20-16-24(29-2)25(30-3)17-21(20)15-23(19)28/h4,6,8,14,16-17,19,27H,5,7,9-13,15H2,1-3H3. The maximum absolute atomic E-state index is 12.8. The zero-order valence-electron chi connectivity index (χ0n) is 18.3. The molecule has 0 fully saturated rings. The van der Waals surface area contributed by atoms with Crippen molar-refractivity contribution in [1.82, 2.24) is 4.90 Å². The Balaban J connectivity index is 1.48. The molecule has 0 heterocycles. The summed E-state index contributed by atoms with van der Waals surface area (Å²) in [5, 5.41) is 9.58. The molecule has 0 saturated carbocycles. The van der Waals surface area contributed by atoms with Crippen LogP contribution in [-0.2, 0) is 24.1 Å². The highest BCUT2D eigenvalue weighted by Gasteiger charge is 2.25. The summed E-state index contributed by atoms with van der Waals surface area (Å²) in [5.74, 6) is 2.20. The lowest BCUT2D eigenvalue weighted by Gasteiger charge is -2.18. The van der Waals surface area contributed by atoms with Crippen molar-refractivity contribution in [2.45, 2.75) is 38.5 Å². The molecule has 1 unspecified atom stereocenters. The smallest absolute Gasteiger partial charge is 0.161 e. The number of ether oxygens (including phenoxy) is 2. The summed E-state index contributed by atoms with van der Waals surface area (Å²) in [6.45, 7) is 1.91. The molecule has 1 atom stereocenters. The van der Waals surface area contributed by atoms with Crippen LogP contribution in [0.15, 0.2) is 36.4 Å². The minimum absolute atomic E-state index is 0.119. The van der Waals surface area contributed by atoms with Crippen molar-refractivity contribution in [3.8, 4) is 17.2 Å². The van der Waals surface area contributed by atoms with E-state index in [1.807, 2.05) is 30.3 Å². The van der Waals surface area contributed by atoms with Crippen LogP contribution in [0.25, 0.3) is 0 Å². The first-order valence-electron chi connectivity index (χ1n) is 10.7. The van der Waals surface area contributed by atoms with Crippen LogP contribution in [0.2, 0.25) is 0 Å². The van der Waals surface area contributed by atoms with Crippen LogP contribution in [0.3, 0.4) is 0 Å². The highest BCUT2D eigenvalue weighted by Crippen LogP contribution is 2.34. The Kier molecular flexibility index (Phi) is 7.75. The van der Waals surface area contributed by atoms with Crippen LogP contribution in [0, 0.1) is 5.92 Å². The van der Waals surface area contributed by atoms with E-state index in [1.54, 1.807) is 20.3 Å². The molecule has 2 aromatic rings. The molecular weight excluding hydrogens is 378 g/mol. The van der Waals surface area contributed by atoms with Crippen LogP contribution < -0.4 is 9.47 Å². The van der Waals surface area contributed by atoms with E-state index < -0.39 is 0 Å². The van der Waals surface area contributed by atoms with Crippen molar-refractivity contribution in [3.63, 3.8) is 0 Å². The van der Waals surface area contributed by atoms with E-state index in [1.165, 1.54) is 5.56 Å². The van der Waals surface area contributed by atoms with Crippen molar-refractivity contribution in [1.29, 1.82) is 0 Å². The second-order valence-electron chi connectivity index (χ2n) is 8.22. The topological polar surface area (TPSA) is 59.0 Å². The fraction of sp³-hybridized carbons (Fsp3) is 0.480. The van der Waals surface area contributed by atoms with Gasteiger partial charge in [-0.2, -0.15) is 0 Å². The molecule has 0 spiro atoms. The average Bonchev–Trinajstić information content (AvgIpc) is 2.89. The second kappa shape index (κ2) is 10.5. The summed E-state index contributed by atoms with van der Waals surface area (Å²) in [4.78, 5) is 15.1. The van der Waals surface area contributed by atoms with Gasteiger partial charge >= 0.3 is 0 Å². The largest absolute Gasteiger partial charge is 0.508 e. The van der Waals surface area contributed by atoms with Crippen molar-refractivity contribution in [2.24, 2.45) is 5.92 Å². The third-order valence-corrected chi connectivity index (χ3v) is 6.07. The van der Waals surface area contributed by atoms with Crippen LogP contribution in [0.5, 0.6) is 17.2 Å². The summed E-state index contributed by atoms with van der Waals surface area (Å²) in [5.41, 5.74) is 3.42. The summed E-state index contributed by atoms with van der Waals surface area (Å²) in [6.07, 6.45) is 5.13. The number of fused-ring (bicyclic) bond motifs is 1. The molecule has 30 heavy (non-hydrogen) atoms. The van der Waals surface area contributed by atoms with Gasteiger partial charge in [-0.1, -0.05) is 12.1 Å². The summed E-state index contributed by atoms with van der Waals surface area (Å²) in [7, 11) is 5.39. The van der Waals surface area contributed by atoms with Gasteiger partial charge < -0.3 is 19.5 Å². The molecule has 162 valence electrons. The lowest BCUT2D eigenvalue weighted by molar-refractivity contribution is -0.122. The lowest BCUT2D eigenvalue weighted by atomic mass is 9.93. The Labute approximate surface area is 179 Å². The number of carbonyl (C=O) groups is 1. The third-order valence-electron chi connectivity index (χ3n) is 6.07. The number of Topliss-reactive ketones (excluding diaryl/α,β-unsaturated/α-hetero) is 1. The highest BCUT2D eigenvalue weighted by molar-refractivity contribution is 5.84. The number of carbonyl (C=O) groups excluding carboxylic acids is 1. The van der Waals surface area contributed by atoms with Crippen molar-refractivity contribution in [3.05, 3.63) is 53.1 Å². The molecule has 1 aliphatic carbocycles. The molecule has 5 nitrogen and oxygen atoms in total. The molecule has 0 aromatic heterocycles. The van der Waals surface area contributed by atoms with Crippen LogP contribution in [0.1, 0.15) is 36.0 Å². The highest BCUT2D eigenvalue weighted by atomic mass is 16.5. The Morgan fingerprint density at radius 1 is 1.07 bits per heavy atom. The van der Waals surface area contributed by atoms with Gasteiger partial charge in [0.15, 0.2) is 11.5 Å². The Hall–Kier alpha value is -2.53. The molecule has 3 rings (SSSR count). The van der Waals surface area contributed by atoms with Gasteiger partial charge in [0.05, 0.1) is 14.2 Å². The third kappa shape index (κ3) is 5.76. The number of phenols is 1. The molecule has 0 amide bonds. The van der Waals surface area contributed by atoms with Gasteiger partial charge in [-0.15, -0.1) is 0 Å². The quantitative estimate of drug-likeness (QED) is 0.631. The fourth-order valence-electron chi connectivity index (χ4n) is 4.24. The van der Waals surface area contributed by atoms with E-state index in [-0.39, 0.29) is 5.92 Å². The first kappa shape index (κ1) is 22.2. The first-order chi connectivity index (χ1) is 14.5. The van der Waals surface area contributed by atoms with Gasteiger partial charge in [-0.25, -0.2) is 0 Å². The maximum Gasteiger partial charge on any atom is 0.161 e. The molecule has 1 aliphatic rings. The molecule has 2 aromatic carbocycles. The second-order valence-corrected chi connectivity index (χ2v) is 8.22. The number of hydrogen-bond donors (Lipinski definition) is 1. The molecule has 0 radical (unpaired) electrons. The van der Waals surface area contributed by atoms with Crippen LogP contribution in [0.4, 0.5) is 0 Å². The minimum Gasteiger partial charge on any atom is -0.508 e. The maximum atomic E-state index is 12.8. The zero-order chi connectivity index (χ0) is 21.5. The number of hydrogen-bond acceptors (Lipinski definition) is 5.